The molecule has 3 heteroatoms. The van der Waals surface area contributed by atoms with E-state index in [9.17, 15) is 4.79 Å². The molecule has 3 nitrogen and oxygen atoms in total. The van der Waals surface area contributed by atoms with Gasteiger partial charge in [0.05, 0.1) is 12.7 Å². The molecule has 0 aliphatic carbocycles. The summed E-state index contributed by atoms with van der Waals surface area (Å²) < 4.78 is 5.21. The fourth-order valence-corrected chi connectivity index (χ4v) is 1.37. The quantitative estimate of drug-likeness (QED) is 0.488. The predicted molar refractivity (Wildman–Crippen MR) is 68.4 cm³/mol. The lowest BCUT2D eigenvalue weighted by Gasteiger charge is -2.04. The monoisotopic (exact) mass is 231 g/mol. The molecule has 0 amide bonds. The Kier molecular flexibility index (Phi) is 5.25. The van der Waals surface area contributed by atoms with Gasteiger partial charge >= 0.3 is 0 Å². The van der Waals surface area contributed by atoms with Gasteiger partial charge in [0.2, 0.25) is 0 Å². The van der Waals surface area contributed by atoms with Crippen molar-refractivity contribution in [3.05, 3.63) is 29.3 Å². The molecule has 0 radical (unpaired) electrons. The number of rotatable bonds is 4. The van der Waals surface area contributed by atoms with E-state index in [-0.39, 0.29) is 5.78 Å². The fourth-order valence-electron chi connectivity index (χ4n) is 1.37. The Labute approximate surface area is 102 Å². The predicted octanol–water partition coefficient (Wildman–Crippen LogP) is 1.86. The Hall–Kier alpha value is -1.79. The van der Waals surface area contributed by atoms with Gasteiger partial charge in [-0.15, -0.1) is 0 Å². The number of hydrogen-bond acceptors (Lipinski definition) is 3. The number of ketones is 1. The Balaban J connectivity index is 2.96. The summed E-state index contributed by atoms with van der Waals surface area (Å²) in [5, 5.41) is 3.02. The summed E-state index contributed by atoms with van der Waals surface area (Å²) in [6, 6.07) is 5.30. The number of carbonyl (C=O) groups excluding carboxylic acids is 1. The molecule has 0 aliphatic rings. The number of ether oxygens (including phenoxy) is 1. The third-order valence-corrected chi connectivity index (χ3v) is 2.33. The summed E-state index contributed by atoms with van der Waals surface area (Å²) >= 11 is 0. The molecule has 1 aromatic rings. The van der Waals surface area contributed by atoms with Gasteiger partial charge in [0.1, 0.15) is 5.75 Å². The SMILES string of the molecule is CNCCC#Cc1cc(C(C)=O)ccc1OC. The van der Waals surface area contributed by atoms with E-state index >= 15 is 0 Å². The Morgan fingerprint density at radius 3 is 2.82 bits per heavy atom. The van der Waals surface area contributed by atoms with Gasteiger partial charge in [0, 0.05) is 18.5 Å². The van der Waals surface area contributed by atoms with Crippen LogP contribution in [0.1, 0.15) is 29.3 Å². The second-order valence-electron chi connectivity index (χ2n) is 3.63. The molecule has 0 fully saturated rings. The Morgan fingerprint density at radius 1 is 1.47 bits per heavy atom. The molecule has 1 aromatic carbocycles. The number of methoxy groups -OCH3 is 1. The highest BCUT2D eigenvalue weighted by atomic mass is 16.5. The van der Waals surface area contributed by atoms with E-state index in [2.05, 4.69) is 17.2 Å². The van der Waals surface area contributed by atoms with Crippen LogP contribution in [0.25, 0.3) is 0 Å². The average Bonchev–Trinajstić information content (AvgIpc) is 2.34. The molecular formula is C14H17NO2. The highest BCUT2D eigenvalue weighted by Crippen LogP contribution is 2.19. The van der Waals surface area contributed by atoms with Crippen molar-refractivity contribution in [1.29, 1.82) is 0 Å². The number of nitrogens with one attached hydrogen (secondary N) is 1. The second kappa shape index (κ2) is 6.72. The van der Waals surface area contributed by atoms with Crippen molar-refractivity contribution in [2.24, 2.45) is 0 Å². The lowest BCUT2D eigenvalue weighted by molar-refractivity contribution is 0.101. The molecule has 1 rings (SSSR count). The minimum absolute atomic E-state index is 0.0333. The van der Waals surface area contributed by atoms with Crippen molar-refractivity contribution in [2.45, 2.75) is 13.3 Å². The molecule has 0 atom stereocenters. The van der Waals surface area contributed by atoms with Crippen molar-refractivity contribution < 1.29 is 9.53 Å². The summed E-state index contributed by atoms with van der Waals surface area (Å²) in [6.45, 7) is 2.39. The maximum atomic E-state index is 11.3. The maximum absolute atomic E-state index is 11.3. The highest BCUT2D eigenvalue weighted by Gasteiger charge is 2.04. The fraction of sp³-hybridized carbons (Fsp3) is 0.357. The van der Waals surface area contributed by atoms with Gasteiger partial charge in [-0.1, -0.05) is 11.8 Å². The van der Waals surface area contributed by atoms with Gasteiger partial charge in [-0.3, -0.25) is 4.79 Å². The zero-order valence-electron chi connectivity index (χ0n) is 10.5. The van der Waals surface area contributed by atoms with E-state index in [1.54, 1.807) is 32.2 Å². The van der Waals surface area contributed by atoms with Crippen LogP contribution in [-0.2, 0) is 0 Å². The normalized spacial score (nSPS) is 9.35. The highest BCUT2D eigenvalue weighted by molar-refractivity contribution is 5.94. The molecule has 0 aromatic heterocycles. The first-order valence-corrected chi connectivity index (χ1v) is 5.51. The third kappa shape index (κ3) is 3.93. The molecular weight excluding hydrogens is 214 g/mol. The topological polar surface area (TPSA) is 38.3 Å². The Bertz CT molecular complexity index is 455. The second-order valence-corrected chi connectivity index (χ2v) is 3.63. The number of Topliss-reactive ketones (excluding diaryl/α,β-unsaturated/α-hetero) is 1. The number of benzene rings is 1. The van der Waals surface area contributed by atoms with Crippen molar-refractivity contribution in [1.82, 2.24) is 5.32 Å². The largest absolute Gasteiger partial charge is 0.495 e. The van der Waals surface area contributed by atoms with Crippen LogP contribution in [0.5, 0.6) is 5.75 Å². The van der Waals surface area contributed by atoms with E-state index < -0.39 is 0 Å². The van der Waals surface area contributed by atoms with Crippen LogP contribution in [0.2, 0.25) is 0 Å². The first-order chi connectivity index (χ1) is 8.19. The van der Waals surface area contributed by atoms with E-state index in [4.69, 9.17) is 4.74 Å². The van der Waals surface area contributed by atoms with Crippen LogP contribution in [0.3, 0.4) is 0 Å². The van der Waals surface area contributed by atoms with Crippen molar-refractivity contribution >= 4 is 5.78 Å². The summed E-state index contributed by atoms with van der Waals surface area (Å²) in [5.41, 5.74) is 1.42. The van der Waals surface area contributed by atoms with E-state index in [0.29, 0.717) is 11.3 Å². The van der Waals surface area contributed by atoms with Crippen LogP contribution < -0.4 is 10.1 Å². The molecule has 0 unspecified atom stereocenters. The molecule has 0 spiro atoms. The van der Waals surface area contributed by atoms with E-state index in [0.717, 1.165) is 18.5 Å². The van der Waals surface area contributed by atoms with Gasteiger partial charge in [-0.25, -0.2) is 0 Å². The minimum Gasteiger partial charge on any atom is -0.495 e. The summed E-state index contributed by atoms with van der Waals surface area (Å²) in [5.74, 6) is 6.80. The Morgan fingerprint density at radius 2 is 2.24 bits per heavy atom. The van der Waals surface area contributed by atoms with Gasteiger partial charge < -0.3 is 10.1 Å². The van der Waals surface area contributed by atoms with E-state index in [1.165, 1.54) is 0 Å². The van der Waals surface area contributed by atoms with Crippen LogP contribution in [0, 0.1) is 11.8 Å². The molecule has 0 saturated heterocycles. The maximum Gasteiger partial charge on any atom is 0.159 e. The number of hydrogen-bond donors (Lipinski definition) is 1. The van der Waals surface area contributed by atoms with Crippen molar-refractivity contribution in [3.8, 4) is 17.6 Å². The van der Waals surface area contributed by atoms with Crippen LogP contribution >= 0.6 is 0 Å². The summed E-state index contributed by atoms with van der Waals surface area (Å²) in [4.78, 5) is 11.3. The first kappa shape index (κ1) is 13.3. The molecule has 17 heavy (non-hydrogen) atoms. The summed E-state index contributed by atoms with van der Waals surface area (Å²) in [7, 11) is 3.49. The molecule has 0 saturated carbocycles. The molecule has 0 heterocycles. The van der Waals surface area contributed by atoms with Crippen molar-refractivity contribution in [3.63, 3.8) is 0 Å². The first-order valence-electron chi connectivity index (χ1n) is 5.51. The lowest BCUT2D eigenvalue weighted by atomic mass is 10.1. The van der Waals surface area contributed by atoms with Crippen molar-refractivity contribution in [2.75, 3.05) is 20.7 Å². The zero-order chi connectivity index (χ0) is 12.7. The van der Waals surface area contributed by atoms with Gasteiger partial charge in [-0.2, -0.15) is 0 Å². The van der Waals surface area contributed by atoms with Crippen LogP contribution in [-0.4, -0.2) is 26.5 Å². The molecule has 0 bridgehead atoms. The van der Waals surface area contributed by atoms with Gasteiger partial charge in [-0.05, 0) is 32.2 Å². The van der Waals surface area contributed by atoms with Gasteiger partial charge in [0.15, 0.2) is 5.78 Å². The average molecular weight is 231 g/mol. The van der Waals surface area contributed by atoms with Crippen LogP contribution in [0.15, 0.2) is 18.2 Å². The zero-order valence-corrected chi connectivity index (χ0v) is 10.5. The van der Waals surface area contributed by atoms with Crippen LogP contribution in [0.4, 0.5) is 0 Å². The summed E-state index contributed by atoms with van der Waals surface area (Å²) in [6.07, 6.45) is 0.768. The molecule has 90 valence electrons. The smallest absolute Gasteiger partial charge is 0.159 e. The standard InChI is InChI=1S/C14H17NO2/c1-11(16)12-7-8-14(17-3)13(10-12)6-4-5-9-15-2/h7-8,10,15H,5,9H2,1-3H3. The van der Waals surface area contributed by atoms with Gasteiger partial charge in [0.25, 0.3) is 0 Å². The lowest BCUT2D eigenvalue weighted by Crippen LogP contribution is -2.05. The number of carbonyl (C=O) groups is 1. The minimum atomic E-state index is 0.0333. The van der Waals surface area contributed by atoms with E-state index in [1.807, 2.05) is 7.05 Å². The molecule has 1 N–H and O–H groups in total. The molecule has 0 aliphatic heterocycles. The third-order valence-electron chi connectivity index (χ3n) is 2.33.